The van der Waals surface area contributed by atoms with Crippen molar-refractivity contribution >= 4 is 17.5 Å². The first-order valence-corrected chi connectivity index (χ1v) is 10.7. The van der Waals surface area contributed by atoms with E-state index in [2.05, 4.69) is 28.4 Å². The molecular formula is C23H30ClN3O3. The summed E-state index contributed by atoms with van der Waals surface area (Å²) < 4.78 is 11.1. The Hall–Kier alpha value is -2.12. The van der Waals surface area contributed by atoms with Crippen molar-refractivity contribution in [3.8, 4) is 5.75 Å². The van der Waals surface area contributed by atoms with Crippen molar-refractivity contribution in [2.24, 2.45) is 0 Å². The van der Waals surface area contributed by atoms with Crippen LogP contribution >= 0.6 is 11.6 Å². The van der Waals surface area contributed by atoms with Gasteiger partial charge in [0.15, 0.2) is 0 Å². The lowest BCUT2D eigenvalue weighted by Crippen LogP contribution is -2.37. The molecule has 3 rings (SSSR count). The van der Waals surface area contributed by atoms with Crippen LogP contribution in [0, 0.1) is 0 Å². The lowest BCUT2D eigenvalue weighted by molar-refractivity contribution is -0.122. The van der Waals surface area contributed by atoms with Crippen molar-refractivity contribution in [1.29, 1.82) is 0 Å². The van der Waals surface area contributed by atoms with E-state index in [0.717, 1.165) is 44.2 Å². The molecule has 0 radical (unpaired) electrons. The van der Waals surface area contributed by atoms with E-state index in [4.69, 9.17) is 21.1 Å². The zero-order valence-corrected chi connectivity index (χ0v) is 18.2. The number of morpholine rings is 1. The first-order chi connectivity index (χ1) is 14.6. The van der Waals surface area contributed by atoms with E-state index in [9.17, 15) is 4.79 Å². The Balaban J connectivity index is 1.39. The molecule has 162 valence electrons. The molecule has 6 nitrogen and oxygen atoms in total. The molecule has 0 saturated carbocycles. The van der Waals surface area contributed by atoms with Crippen LogP contribution in [0.15, 0.2) is 48.5 Å². The number of nitrogens with one attached hydrogen (secondary N) is 1. The number of nitrogens with zero attached hydrogens (tertiary/aromatic N) is 2. The first-order valence-electron chi connectivity index (χ1n) is 10.3. The minimum absolute atomic E-state index is 0.00479. The van der Waals surface area contributed by atoms with E-state index >= 15 is 0 Å². The maximum Gasteiger partial charge on any atom is 0.234 e. The van der Waals surface area contributed by atoms with Crippen LogP contribution in [-0.4, -0.2) is 68.8 Å². The molecular weight excluding hydrogens is 402 g/mol. The summed E-state index contributed by atoms with van der Waals surface area (Å²) in [7, 11) is 1.91. The van der Waals surface area contributed by atoms with Gasteiger partial charge in [0.25, 0.3) is 0 Å². The summed E-state index contributed by atoms with van der Waals surface area (Å²) in [4.78, 5) is 16.7. The molecule has 0 unspecified atom stereocenters. The van der Waals surface area contributed by atoms with Gasteiger partial charge in [-0.05, 0) is 42.4 Å². The van der Waals surface area contributed by atoms with Crippen LogP contribution in [0.4, 0.5) is 0 Å². The van der Waals surface area contributed by atoms with Crippen LogP contribution in [0.5, 0.6) is 5.75 Å². The highest BCUT2D eigenvalue weighted by Gasteiger charge is 2.13. The van der Waals surface area contributed by atoms with E-state index in [0.29, 0.717) is 31.3 Å². The number of hydrogen-bond donors (Lipinski definition) is 1. The Morgan fingerprint density at radius 1 is 1.13 bits per heavy atom. The van der Waals surface area contributed by atoms with Gasteiger partial charge in [-0.2, -0.15) is 0 Å². The van der Waals surface area contributed by atoms with Gasteiger partial charge in [0, 0.05) is 37.7 Å². The number of hydrogen-bond acceptors (Lipinski definition) is 5. The van der Waals surface area contributed by atoms with Crippen molar-refractivity contribution in [3.05, 3.63) is 64.7 Å². The van der Waals surface area contributed by atoms with Crippen LogP contribution < -0.4 is 10.1 Å². The molecule has 0 spiro atoms. The SMILES string of the molecule is CN(CCOc1ccc(Cl)cc1)CC(=O)NCc1ccccc1CN1CCOCC1. The lowest BCUT2D eigenvalue weighted by Gasteiger charge is -2.27. The lowest BCUT2D eigenvalue weighted by atomic mass is 10.1. The highest BCUT2D eigenvalue weighted by atomic mass is 35.5. The average molecular weight is 432 g/mol. The smallest absolute Gasteiger partial charge is 0.234 e. The predicted molar refractivity (Wildman–Crippen MR) is 119 cm³/mol. The number of carbonyl (C=O) groups excluding carboxylic acids is 1. The predicted octanol–water partition coefficient (Wildman–Crippen LogP) is 2.80. The highest BCUT2D eigenvalue weighted by Crippen LogP contribution is 2.15. The highest BCUT2D eigenvalue weighted by molar-refractivity contribution is 6.30. The minimum Gasteiger partial charge on any atom is -0.492 e. The molecule has 1 aliphatic rings. The molecule has 1 N–H and O–H groups in total. The summed E-state index contributed by atoms with van der Waals surface area (Å²) in [6.45, 7) is 6.38. The number of carbonyl (C=O) groups is 1. The molecule has 1 aliphatic heterocycles. The fraction of sp³-hybridized carbons (Fsp3) is 0.435. The van der Waals surface area contributed by atoms with Crippen molar-refractivity contribution in [2.45, 2.75) is 13.1 Å². The monoisotopic (exact) mass is 431 g/mol. The molecule has 0 bridgehead atoms. The van der Waals surface area contributed by atoms with Gasteiger partial charge in [-0.15, -0.1) is 0 Å². The second kappa shape index (κ2) is 11.9. The maximum absolute atomic E-state index is 12.4. The third kappa shape index (κ3) is 7.61. The van der Waals surface area contributed by atoms with Gasteiger partial charge in [0.2, 0.25) is 5.91 Å². The maximum atomic E-state index is 12.4. The Labute approximate surface area is 183 Å². The van der Waals surface area contributed by atoms with E-state index in [1.807, 2.05) is 30.1 Å². The molecule has 30 heavy (non-hydrogen) atoms. The molecule has 1 fully saturated rings. The summed E-state index contributed by atoms with van der Waals surface area (Å²) >= 11 is 5.87. The Bertz CT molecular complexity index is 795. The number of benzene rings is 2. The Morgan fingerprint density at radius 2 is 1.83 bits per heavy atom. The third-order valence-corrected chi connectivity index (χ3v) is 5.31. The third-order valence-electron chi connectivity index (χ3n) is 5.06. The van der Waals surface area contributed by atoms with E-state index in [1.165, 1.54) is 5.56 Å². The quantitative estimate of drug-likeness (QED) is 0.627. The molecule has 1 heterocycles. The molecule has 7 heteroatoms. The Morgan fingerprint density at radius 3 is 2.57 bits per heavy atom. The summed E-state index contributed by atoms with van der Waals surface area (Å²) in [5, 5.41) is 3.73. The van der Waals surface area contributed by atoms with Gasteiger partial charge in [-0.3, -0.25) is 14.6 Å². The molecule has 0 aromatic heterocycles. The van der Waals surface area contributed by atoms with Crippen LogP contribution in [0.25, 0.3) is 0 Å². The van der Waals surface area contributed by atoms with Gasteiger partial charge >= 0.3 is 0 Å². The summed E-state index contributed by atoms with van der Waals surface area (Å²) in [6, 6.07) is 15.6. The van der Waals surface area contributed by atoms with Crippen LogP contribution in [0.3, 0.4) is 0 Å². The fourth-order valence-corrected chi connectivity index (χ4v) is 3.43. The second-order valence-electron chi connectivity index (χ2n) is 7.47. The van der Waals surface area contributed by atoms with Crippen molar-refractivity contribution < 1.29 is 14.3 Å². The van der Waals surface area contributed by atoms with Gasteiger partial charge in [0.05, 0.1) is 19.8 Å². The molecule has 1 amide bonds. The molecule has 1 saturated heterocycles. The number of likely N-dealkylation sites (N-methyl/N-ethyl adjacent to an activating group) is 1. The second-order valence-corrected chi connectivity index (χ2v) is 7.91. The summed E-state index contributed by atoms with van der Waals surface area (Å²) in [5.41, 5.74) is 2.41. The largest absolute Gasteiger partial charge is 0.492 e. The molecule has 0 aliphatic carbocycles. The summed E-state index contributed by atoms with van der Waals surface area (Å²) in [5.74, 6) is 0.777. The minimum atomic E-state index is 0.00479. The average Bonchev–Trinajstić information content (AvgIpc) is 2.75. The van der Waals surface area contributed by atoms with Crippen molar-refractivity contribution in [2.75, 3.05) is 53.0 Å². The zero-order valence-electron chi connectivity index (χ0n) is 17.5. The van der Waals surface area contributed by atoms with Crippen molar-refractivity contribution in [1.82, 2.24) is 15.1 Å². The van der Waals surface area contributed by atoms with E-state index < -0.39 is 0 Å². The fourth-order valence-electron chi connectivity index (χ4n) is 3.31. The summed E-state index contributed by atoms with van der Waals surface area (Å²) in [6.07, 6.45) is 0. The molecule has 2 aromatic rings. The van der Waals surface area contributed by atoms with Crippen LogP contribution in [0.1, 0.15) is 11.1 Å². The molecule has 0 atom stereocenters. The Kier molecular flexibility index (Phi) is 8.96. The first kappa shape index (κ1) is 22.6. The standard InChI is InChI=1S/C23H30ClN3O3/c1-26(10-15-30-22-8-6-21(24)7-9-22)18-23(28)25-16-19-4-2-3-5-20(19)17-27-11-13-29-14-12-27/h2-9H,10-18H2,1H3,(H,25,28). The van der Waals surface area contributed by atoms with Crippen molar-refractivity contribution in [3.63, 3.8) is 0 Å². The van der Waals surface area contributed by atoms with Gasteiger partial charge in [-0.1, -0.05) is 35.9 Å². The number of ether oxygens (including phenoxy) is 2. The van der Waals surface area contributed by atoms with Gasteiger partial charge < -0.3 is 14.8 Å². The van der Waals surface area contributed by atoms with E-state index in [1.54, 1.807) is 12.1 Å². The topological polar surface area (TPSA) is 54.0 Å². The van der Waals surface area contributed by atoms with Crippen LogP contribution in [-0.2, 0) is 22.6 Å². The number of rotatable bonds is 10. The number of amides is 1. The van der Waals surface area contributed by atoms with Crippen LogP contribution in [0.2, 0.25) is 5.02 Å². The molecule has 2 aromatic carbocycles. The van der Waals surface area contributed by atoms with E-state index in [-0.39, 0.29) is 5.91 Å². The zero-order chi connectivity index (χ0) is 21.2. The van der Waals surface area contributed by atoms with Gasteiger partial charge in [0.1, 0.15) is 12.4 Å². The van der Waals surface area contributed by atoms with Gasteiger partial charge in [-0.25, -0.2) is 0 Å². The number of halogens is 1. The normalized spacial score (nSPS) is 14.6.